The Morgan fingerprint density at radius 3 is 2.23 bits per heavy atom. The highest BCUT2D eigenvalue weighted by Crippen LogP contribution is 2.43. The zero-order chi connectivity index (χ0) is 19.9. The second-order valence-corrected chi connectivity index (χ2v) is 8.63. The summed E-state index contributed by atoms with van der Waals surface area (Å²) in [6, 6.07) is 19.9. The Hall–Kier alpha value is -1.42. The maximum absolute atomic E-state index is 6.06. The molecule has 31 heavy (non-hydrogen) atoms. The van der Waals surface area contributed by atoms with Gasteiger partial charge >= 0.3 is 0 Å². The van der Waals surface area contributed by atoms with Crippen molar-refractivity contribution in [3.05, 3.63) is 60.2 Å². The number of hydrogen-bond donors (Lipinski definition) is 0. The third kappa shape index (κ3) is 6.09. The van der Waals surface area contributed by atoms with E-state index in [-0.39, 0.29) is 30.4 Å². The van der Waals surface area contributed by atoms with E-state index in [1.807, 2.05) is 0 Å². The Kier molecular flexibility index (Phi) is 10.5. The molecule has 4 rings (SSSR count). The average molecular weight is 466 g/mol. The van der Waals surface area contributed by atoms with Crippen molar-refractivity contribution in [1.82, 2.24) is 4.90 Å². The average Bonchev–Trinajstić information content (AvgIpc) is 2.81. The van der Waals surface area contributed by atoms with Crippen molar-refractivity contribution in [3.8, 4) is 5.75 Å². The van der Waals surface area contributed by atoms with Crippen LogP contribution in [0.5, 0.6) is 5.75 Å². The molecule has 2 aromatic rings. The molecule has 3 nitrogen and oxygen atoms in total. The normalized spacial score (nSPS) is 18.5. The third-order valence-corrected chi connectivity index (χ3v) is 6.83. The van der Waals surface area contributed by atoms with Gasteiger partial charge in [0, 0.05) is 37.4 Å². The monoisotopic (exact) mass is 464 g/mol. The Balaban J connectivity index is 0.00000171. The molecule has 2 aliphatic rings. The van der Waals surface area contributed by atoms with Crippen LogP contribution in [-0.2, 0) is 5.54 Å². The van der Waals surface area contributed by atoms with Gasteiger partial charge in [-0.2, -0.15) is 0 Å². The molecule has 5 heteroatoms. The molecule has 1 saturated carbocycles. The quantitative estimate of drug-likeness (QED) is 0.424. The first kappa shape index (κ1) is 25.8. The van der Waals surface area contributed by atoms with Gasteiger partial charge in [0.15, 0.2) is 0 Å². The smallest absolute Gasteiger partial charge is 0.119 e. The minimum atomic E-state index is 0. The first-order chi connectivity index (χ1) is 14.3. The predicted octanol–water partition coefficient (Wildman–Crippen LogP) is 6.69. The molecule has 1 aliphatic heterocycles. The molecule has 0 radical (unpaired) electrons. The molecule has 0 spiro atoms. The SMILES string of the molecule is CCCCOc1cccc(C2(N3CCN(c4ccccc4)CC3)CCCCC2)c1.Cl.Cl. The number of para-hydroxylation sites is 1. The van der Waals surface area contributed by atoms with E-state index in [0.29, 0.717) is 0 Å². The van der Waals surface area contributed by atoms with E-state index in [1.54, 1.807) is 0 Å². The van der Waals surface area contributed by atoms with Crippen molar-refractivity contribution in [2.24, 2.45) is 0 Å². The fourth-order valence-electron chi connectivity index (χ4n) is 5.17. The zero-order valence-electron chi connectivity index (χ0n) is 18.8. The summed E-state index contributed by atoms with van der Waals surface area (Å²) in [5.74, 6) is 1.05. The molecule has 0 aromatic heterocycles. The molecule has 0 unspecified atom stereocenters. The van der Waals surface area contributed by atoms with Gasteiger partial charge in [0.25, 0.3) is 0 Å². The second-order valence-electron chi connectivity index (χ2n) is 8.63. The van der Waals surface area contributed by atoms with Gasteiger partial charge < -0.3 is 9.64 Å². The summed E-state index contributed by atoms with van der Waals surface area (Å²) in [7, 11) is 0. The van der Waals surface area contributed by atoms with E-state index < -0.39 is 0 Å². The Morgan fingerprint density at radius 2 is 1.55 bits per heavy atom. The van der Waals surface area contributed by atoms with Gasteiger partial charge in [0.2, 0.25) is 0 Å². The molecular weight excluding hydrogens is 427 g/mol. The maximum atomic E-state index is 6.06. The molecule has 2 aromatic carbocycles. The minimum absolute atomic E-state index is 0. The molecule has 1 heterocycles. The predicted molar refractivity (Wildman–Crippen MR) is 136 cm³/mol. The summed E-state index contributed by atoms with van der Waals surface area (Å²) in [4.78, 5) is 5.33. The highest BCUT2D eigenvalue weighted by Gasteiger charge is 2.40. The van der Waals surface area contributed by atoms with Gasteiger partial charge in [-0.15, -0.1) is 24.8 Å². The van der Waals surface area contributed by atoms with Crippen molar-refractivity contribution in [2.75, 3.05) is 37.7 Å². The highest BCUT2D eigenvalue weighted by atomic mass is 35.5. The van der Waals surface area contributed by atoms with Crippen molar-refractivity contribution >= 4 is 30.5 Å². The number of hydrogen-bond acceptors (Lipinski definition) is 3. The third-order valence-electron chi connectivity index (χ3n) is 6.83. The van der Waals surface area contributed by atoms with E-state index in [2.05, 4.69) is 71.3 Å². The molecule has 1 saturated heterocycles. The van der Waals surface area contributed by atoms with Crippen molar-refractivity contribution in [2.45, 2.75) is 57.4 Å². The van der Waals surface area contributed by atoms with Crippen LogP contribution in [0.15, 0.2) is 54.6 Å². The van der Waals surface area contributed by atoms with Gasteiger partial charge in [-0.3, -0.25) is 4.90 Å². The van der Waals surface area contributed by atoms with Crippen LogP contribution in [0.4, 0.5) is 5.69 Å². The topological polar surface area (TPSA) is 15.7 Å². The van der Waals surface area contributed by atoms with Crippen molar-refractivity contribution in [1.29, 1.82) is 0 Å². The molecule has 1 aliphatic carbocycles. The van der Waals surface area contributed by atoms with E-state index in [4.69, 9.17) is 4.74 Å². The van der Waals surface area contributed by atoms with Gasteiger partial charge in [-0.25, -0.2) is 0 Å². The fourth-order valence-corrected chi connectivity index (χ4v) is 5.17. The molecular formula is C26H38Cl2N2O. The van der Waals surface area contributed by atoms with Crippen molar-refractivity contribution < 1.29 is 4.74 Å². The zero-order valence-corrected chi connectivity index (χ0v) is 20.4. The number of piperazine rings is 1. The minimum Gasteiger partial charge on any atom is -0.494 e. The van der Waals surface area contributed by atoms with Gasteiger partial charge in [0.05, 0.1) is 6.61 Å². The van der Waals surface area contributed by atoms with Gasteiger partial charge in [0.1, 0.15) is 5.75 Å². The van der Waals surface area contributed by atoms with Gasteiger partial charge in [-0.1, -0.05) is 62.9 Å². The summed E-state index contributed by atoms with van der Waals surface area (Å²) in [6.07, 6.45) is 8.89. The molecule has 2 fully saturated rings. The van der Waals surface area contributed by atoms with Crippen LogP contribution in [-0.4, -0.2) is 37.7 Å². The lowest BCUT2D eigenvalue weighted by molar-refractivity contribution is 0.0414. The number of halogens is 2. The Labute approximate surface area is 201 Å². The lowest BCUT2D eigenvalue weighted by Crippen LogP contribution is -2.56. The maximum Gasteiger partial charge on any atom is 0.119 e. The molecule has 172 valence electrons. The lowest BCUT2D eigenvalue weighted by Gasteiger charge is -2.50. The first-order valence-corrected chi connectivity index (χ1v) is 11.6. The fraction of sp³-hybridized carbons (Fsp3) is 0.538. The van der Waals surface area contributed by atoms with Crippen LogP contribution in [0, 0.1) is 0 Å². The number of ether oxygens (including phenoxy) is 1. The van der Waals surface area contributed by atoms with Crippen LogP contribution in [0.3, 0.4) is 0 Å². The van der Waals surface area contributed by atoms with E-state index >= 15 is 0 Å². The van der Waals surface area contributed by atoms with Gasteiger partial charge in [-0.05, 0) is 49.1 Å². The Bertz CT molecular complexity index is 757. The van der Waals surface area contributed by atoms with E-state index in [0.717, 1.165) is 45.0 Å². The number of anilines is 1. The van der Waals surface area contributed by atoms with Crippen molar-refractivity contribution in [3.63, 3.8) is 0 Å². The number of nitrogens with zero attached hydrogens (tertiary/aromatic N) is 2. The van der Waals surface area contributed by atoms with Crippen LogP contribution in [0.1, 0.15) is 57.4 Å². The van der Waals surface area contributed by atoms with Crippen LogP contribution < -0.4 is 9.64 Å². The summed E-state index contributed by atoms with van der Waals surface area (Å²) in [5, 5.41) is 0. The number of benzene rings is 2. The number of unbranched alkanes of at least 4 members (excludes halogenated alkanes) is 1. The number of rotatable bonds is 7. The van der Waals surface area contributed by atoms with E-state index in [9.17, 15) is 0 Å². The second kappa shape index (κ2) is 12.6. The largest absolute Gasteiger partial charge is 0.494 e. The molecule has 0 bridgehead atoms. The highest BCUT2D eigenvalue weighted by molar-refractivity contribution is 5.85. The summed E-state index contributed by atoms with van der Waals surface area (Å²) in [6.45, 7) is 7.52. The Morgan fingerprint density at radius 1 is 0.839 bits per heavy atom. The van der Waals surface area contributed by atoms with Crippen LogP contribution in [0.2, 0.25) is 0 Å². The standard InChI is InChI=1S/C26H36N2O.2ClH/c1-2-3-21-29-25-14-10-11-23(22-25)26(15-8-5-9-16-26)28-19-17-27(18-20-28)24-12-6-4-7-13-24;;/h4,6-7,10-14,22H,2-3,5,8-9,15-21H2,1H3;2*1H. The molecule has 0 N–H and O–H groups in total. The molecule has 0 atom stereocenters. The summed E-state index contributed by atoms with van der Waals surface area (Å²) < 4.78 is 6.06. The lowest BCUT2D eigenvalue weighted by atomic mass is 9.75. The summed E-state index contributed by atoms with van der Waals surface area (Å²) in [5.41, 5.74) is 3.01. The van der Waals surface area contributed by atoms with Crippen LogP contribution >= 0.6 is 24.8 Å². The molecule has 0 amide bonds. The van der Waals surface area contributed by atoms with E-state index in [1.165, 1.54) is 49.8 Å². The summed E-state index contributed by atoms with van der Waals surface area (Å²) >= 11 is 0. The van der Waals surface area contributed by atoms with Crippen LogP contribution in [0.25, 0.3) is 0 Å². The first-order valence-electron chi connectivity index (χ1n) is 11.6.